The Bertz CT molecular complexity index is 2010. The third-order valence-electron chi connectivity index (χ3n) is 8.57. The van der Waals surface area contributed by atoms with Crippen molar-refractivity contribution in [1.29, 1.82) is 0 Å². The van der Waals surface area contributed by atoms with Crippen LogP contribution in [0.5, 0.6) is 17.2 Å². The van der Waals surface area contributed by atoms with Crippen molar-refractivity contribution >= 4 is 63.6 Å². The Morgan fingerprint density at radius 2 is 1.64 bits per heavy atom. The molecule has 11 nitrogen and oxygen atoms in total. The van der Waals surface area contributed by atoms with E-state index in [-0.39, 0.29) is 18.2 Å². The number of thiophene rings is 1. The number of fused-ring (bicyclic) bond motifs is 1. The number of esters is 1. The molecule has 1 heterocycles. The number of methoxy groups -OCH3 is 3. The van der Waals surface area contributed by atoms with Crippen LogP contribution in [0.4, 0.5) is 10.7 Å². The summed E-state index contributed by atoms with van der Waals surface area (Å²) < 4.78 is 21.8. The van der Waals surface area contributed by atoms with Crippen molar-refractivity contribution in [3.8, 4) is 17.2 Å². The maximum Gasteiger partial charge on any atom is 0.341 e. The summed E-state index contributed by atoms with van der Waals surface area (Å²) in [6, 6.07) is 18.9. The van der Waals surface area contributed by atoms with Crippen molar-refractivity contribution in [1.82, 2.24) is 5.32 Å². The van der Waals surface area contributed by atoms with Crippen molar-refractivity contribution in [2.75, 3.05) is 38.6 Å². The number of ether oxygens (including phenoxy) is 4. The van der Waals surface area contributed by atoms with Gasteiger partial charge in [-0.15, -0.1) is 23.1 Å². The third kappa shape index (κ3) is 9.59. The Hall–Kier alpha value is -5.27. The van der Waals surface area contributed by atoms with Crippen LogP contribution in [0.1, 0.15) is 63.9 Å². The van der Waals surface area contributed by atoms with Gasteiger partial charge >= 0.3 is 5.97 Å². The van der Waals surface area contributed by atoms with Gasteiger partial charge in [-0.2, -0.15) is 0 Å². The first-order chi connectivity index (χ1) is 25.5. The van der Waals surface area contributed by atoms with Crippen molar-refractivity contribution < 1.29 is 38.1 Å². The molecule has 0 aliphatic heterocycles. The second kappa shape index (κ2) is 18.0. The maximum absolute atomic E-state index is 13.8. The fourth-order valence-electron chi connectivity index (χ4n) is 5.84. The summed E-state index contributed by atoms with van der Waals surface area (Å²) in [6.07, 6.45) is 4.10. The quantitative estimate of drug-likeness (QED) is 0.0674. The lowest BCUT2D eigenvalue weighted by Crippen LogP contribution is -2.30. The van der Waals surface area contributed by atoms with Crippen LogP contribution in [0, 0.1) is 5.92 Å². The van der Waals surface area contributed by atoms with Crippen molar-refractivity contribution in [2.45, 2.75) is 50.2 Å². The average Bonchev–Trinajstić information content (AvgIpc) is 3.51. The molecular weight excluding hydrogens is 715 g/mol. The number of carbonyl (C=O) groups excluding carboxylic acids is 4. The first-order valence-corrected chi connectivity index (χ1v) is 18.8. The van der Waals surface area contributed by atoms with E-state index in [1.54, 1.807) is 74.5 Å². The molecule has 1 aliphatic carbocycles. The summed E-state index contributed by atoms with van der Waals surface area (Å²) in [5.41, 5.74) is 2.64. The summed E-state index contributed by atoms with van der Waals surface area (Å²) >= 11 is 2.75. The highest BCUT2D eigenvalue weighted by Gasteiger charge is 2.30. The van der Waals surface area contributed by atoms with E-state index in [0.717, 1.165) is 34.6 Å². The minimum atomic E-state index is -0.596. The van der Waals surface area contributed by atoms with Crippen LogP contribution in [0.15, 0.2) is 77.3 Å². The van der Waals surface area contributed by atoms with Crippen LogP contribution in [0.3, 0.4) is 0 Å². The number of amides is 3. The predicted molar refractivity (Wildman–Crippen MR) is 208 cm³/mol. The Morgan fingerprint density at radius 3 is 2.34 bits per heavy atom. The number of benzene rings is 3. The summed E-state index contributed by atoms with van der Waals surface area (Å²) in [7, 11) is 4.48. The summed E-state index contributed by atoms with van der Waals surface area (Å²) in [5, 5.41) is 8.57. The number of anilines is 2. The SMILES string of the molecule is CCOC(=O)c1c(NC(=O)C(C)Sc2cccc(NC(=O)/C(=C\c3cc(OC)c(OC)cc3OC)NC(=O)c3ccccc3)c2)sc2c1CCC(C)C2. The number of rotatable bonds is 14. The van der Waals surface area contributed by atoms with Crippen molar-refractivity contribution in [3.05, 3.63) is 99.6 Å². The minimum Gasteiger partial charge on any atom is -0.496 e. The van der Waals surface area contributed by atoms with E-state index in [2.05, 4.69) is 22.9 Å². The molecule has 5 rings (SSSR count). The second-order valence-corrected chi connectivity index (χ2v) is 14.9. The largest absolute Gasteiger partial charge is 0.496 e. The summed E-state index contributed by atoms with van der Waals surface area (Å²) in [6.45, 7) is 5.97. The molecule has 0 fully saturated rings. The molecule has 4 aromatic rings. The van der Waals surface area contributed by atoms with E-state index in [1.165, 1.54) is 50.5 Å². The molecule has 3 aromatic carbocycles. The van der Waals surface area contributed by atoms with Gasteiger partial charge in [-0.05, 0) is 87.1 Å². The third-order valence-corrected chi connectivity index (χ3v) is 10.8. The van der Waals surface area contributed by atoms with Crippen LogP contribution in [0.25, 0.3) is 6.08 Å². The standard InChI is InChI=1S/C40H43N3O8S2/c1-7-51-40(47)35-29-17-16-23(2)18-34(29)53-39(35)43-36(44)24(3)52-28-15-11-14-27(21-28)41-38(46)30(42-37(45)25-12-9-8-10-13-25)19-26-20-32(49-5)33(50-6)22-31(26)48-4/h8-15,19-24H,7,16-18H2,1-6H3,(H,41,46)(H,42,45)(H,43,44)/b30-19+. The maximum atomic E-state index is 13.8. The molecule has 1 aromatic heterocycles. The molecule has 0 spiro atoms. The van der Waals surface area contributed by atoms with Gasteiger partial charge in [-0.1, -0.05) is 31.2 Å². The van der Waals surface area contributed by atoms with Crippen LogP contribution >= 0.6 is 23.1 Å². The highest BCUT2D eigenvalue weighted by Crippen LogP contribution is 2.41. The van der Waals surface area contributed by atoms with Gasteiger partial charge in [-0.3, -0.25) is 14.4 Å². The molecule has 1 aliphatic rings. The number of thioether (sulfide) groups is 1. The van der Waals surface area contributed by atoms with Crippen LogP contribution < -0.4 is 30.2 Å². The molecule has 2 atom stereocenters. The lowest BCUT2D eigenvalue weighted by molar-refractivity contribution is -0.115. The lowest BCUT2D eigenvalue weighted by Gasteiger charge is -2.18. The molecule has 13 heteroatoms. The summed E-state index contributed by atoms with van der Waals surface area (Å²) in [4.78, 5) is 55.4. The molecule has 278 valence electrons. The van der Waals surface area contributed by atoms with Crippen molar-refractivity contribution in [2.24, 2.45) is 5.92 Å². The Labute approximate surface area is 317 Å². The predicted octanol–water partition coefficient (Wildman–Crippen LogP) is 7.60. The van der Waals surface area contributed by atoms with Crippen LogP contribution in [0.2, 0.25) is 0 Å². The fourth-order valence-corrected chi connectivity index (χ4v) is 8.17. The van der Waals surface area contributed by atoms with E-state index in [4.69, 9.17) is 18.9 Å². The highest BCUT2D eigenvalue weighted by atomic mass is 32.2. The highest BCUT2D eigenvalue weighted by molar-refractivity contribution is 8.00. The molecule has 2 unspecified atom stereocenters. The minimum absolute atomic E-state index is 0.0550. The van der Waals surface area contributed by atoms with Gasteiger partial charge in [0, 0.05) is 32.7 Å². The molecule has 0 saturated carbocycles. The molecule has 0 saturated heterocycles. The molecule has 53 heavy (non-hydrogen) atoms. The Balaban J connectivity index is 1.35. The number of hydrogen-bond acceptors (Lipinski definition) is 10. The van der Waals surface area contributed by atoms with Gasteiger partial charge in [0.1, 0.15) is 16.4 Å². The van der Waals surface area contributed by atoms with Gasteiger partial charge in [0.05, 0.1) is 38.7 Å². The number of nitrogens with one attached hydrogen (secondary N) is 3. The van der Waals surface area contributed by atoms with Crippen LogP contribution in [-0.4, -0.2) is 56.9 Å². The van der Waals surface area contributed by atoms with Crippen molar-refractivity contribution in [3.63, 3.8) is 0 Å². The van der Waals surface area contributed by atoms with Gasteiger partial charge in [0.25, 0.3) is 11.8 Å². The van der Waals surface area contributed by atoms with E-state index < -0.39 is 23.0 Å². The Morgan fingerprint density at radius 1 is 0.925 bits per heavy atom. The topological polar surface area (TPSA) is 141 Å². The van der Waals surface area contributed by atoms with E-state index in [1.807, 2.05) is 6.07 Å². The number of hydrogen-bond donors (Lipinski definition) is 3. The van der Waals surface area contributed by atoms with Gasteiger partial charge in [-0.25, -0.2) is 4.79 Å². The molecular formula is C40H43N3O8S2. The lowest BCUT2D eigenvalue weighted by atomic mass is 9.88. The monoisotopic (exact) mass is 757 g/mol. The average molecular weight is 758 g/mol. The van der Waals surface area contributed by atoms with E-state index in [9.17, 15) is 19.2 Å². The zero-order valence-corrected chi connectivity index (χ0v) is 32.1. The smallest absolute Gasteiger partial charge is 0.341 e. The van der Waals surface area contributed by atoms with E-state index in [0.29, 0.717) is 50.5 Å². The second-order valence-electron chi connectivity index (χ2n) is 12.3. The van der Waals surface area contributed by atoms with Crippen LogP contribution in [-0.2, 0) is 27.2 Å². The van der Waals surface area contributed by atoms with E-state index >= 15 is 0 Å². The van der Waals surface area contributed by atoms with Gasteiger partial charge in [0.2, 0.25) is 5.91 Å². The van der Waals surface area contributed by atoms with Gasteiger partial charge in [0.15, 0.2) is 11.5 Å². The zero-order valence-electron chi connectivity index (χ0n) is 30.5. The first kappa shape index (κ1) is 38.9. The number of carbonyl (C=O) groups is 4. The summed E-state index contributed by atoms with van der Waals surface area (Å²) in [5.74, 6) is -0.0365. The first-order valence-electron chi connectivity index (χ1n) is 17.1. The molecule has 0 bridgehead atoms. The zero-order chi connectivity index (χ0) is 38.1. The molecule has 3 N–H and O–H groups in total. The Kier molecular flexibility index (Phi) is 13.2. The molecule has 0 radical (unpaired) electrons. The molecule has 3 amide bonds. The van der Waals surface area contributed by atoms with Gasteiger partial charge < -0.3 is 34.9 Å². The normalized spacial score (nSPS) is 14.3. The fraction of sp³-hybridized carbons (Fsp3) is 0.300.